The molecule has 1 fully saturated rings. The smallest absolute Gasteiger partial charge is 0.190 e. The summed E-state index contributed by atoms with van der Waals surface area (Å²) in [6, 6.07) is 1.96. The quantitative estimate of drug-likeness (QED) is 0.323. The Morgan fingerprint density at radius 3 is 2.82 bits per heavy atom. The molecule has 22 heavy (non-hydrogen) atoms. The van der Waals surface area contributed by atoms with Crippen LogP contribution in [0.15, 0.2) is 23.5 Å². The molecule has 1 aliphatic carbocycles. The van der Waals surface area contributed by atoms with Crippen molar-refractivity contribution in [2.75, 3.05) is 20.1 Å². The van der Waals surface area contributed by atoms with Crippen molar-refractivity contribution >= 4 is 29.9 Å². The predicted octanol–water partition coefficient (Wildman–Crippen LogP) is 2.88. The maximum atomic E-state index is 4.30. The second kappa shape index (κ2) is 10.9. The first kappa shape index (κ1) is 19.3. The van der Waals surface area contributed by atoms with Crippen molar-refractivity contribution in [2.45, 2.75) is 45.6 Å². The molecule has 0 amide bonds. The molecule has 2 unspecified atom stereocenters. The molecule has 0 bridgehead atoms. The van der Waals surface area contributed by atoms with E-state index in [2.05, 4.69) is 27.6 Å². The zero-order valence-corrected chi connectivity index (χ0v) is 16.1. The van der Waals surface area contributed by atoms with Crippen LogP contribution in [0, 0.1) is 11.8 Å². The molecule has 1 saturated carbocycles. The predicted molar refractivity (Wildman–Crippen MR) is 103 cm³/mol. The van der Waals surface area contributed by atoms with Crippen molar-refractivity contribution < 1.29 is 0 Å². The molecule has 1 aromatic heterocycles. The van der Waals surface area contributed by atoms with Crippen molar-refractivity contribution in [1.82, 2.24) is 20.4 Å². The molecular weight excluding hydrogens is 389 g/mol. The van der Waals surface area contributed by atoms with Gasteiger partial charge in [-0.15, -0.1) is 24.0 Å². The Balaban J connectivity index is 0.00000242. The molecule has 5 nitrogen and oxygen atoms in total. The van der Waals surface area contributed by atoms with E-state index >= 15 is 0 Å². The molecule has 2 N–H and O–H groups in total. The SMILES string of the molecule is CN=C(NCCCn1cccn1)NCC1CCCCC1C.I. The number of aryl methyl sites for hydroxylation is 1. The van der Waals surface area contributed by atoms with E-state index in [-0.39, 0.29) is 24.0 Å². The van der Waals surface area contributed by atoms with Crippen LogP contribution in [0.5, 0.6) is 0 Å². The van der Waals surface area contributed by atoms with Gasteiger partial charge in [-0.1, -0.05) is 26.2 Å². The molecule has 6 heteroatoms. The van der Waals surface area contributed by atoms with Gasteiger partial charge in [0, 0.05) is 39.1 Å². The summed E-state index contributed by atoms with van der Waals surface area (Å²) in [4.78, 5) is 4.30. The van der Waals surface area contributed by atoms with Crippen LogP contribution in [0.25, 0.3) is 0 Å². The minimum absolute atomic E-state index is 0. The number of nitrogens with zero attached hydrogens (tertiary/aromatic N) is 3. The van der Waals surface area contributed by atoms with Crippen LogP contribution in [0.4, 0.5) is 0 Å². The molecule has 126 valence electrons. The first-order chi connectivity index (χ1) is 10.3. The molecule has 0 radical (unpaired) electrons. The second-order valence-electron chi connectivity index (χ2n) is 6.02. The van der Waals surface area contributed by atoms with Crippen LogP contribution in [-0.4, -0.2) is 35.9 Å². The number of nitrogens with one attached hydrogen (secondary N) is 2. The third kappa shape index (κ3) is 6.54. The highest BCUT2D eigenvalue weighted by Crippen LogP contribution is 2.28. The van der Waals surface area contributed by atoms with Gasteiger partial charge in [0.25, 0.3) is 0 Å². The summed E-state index contributed by atoms with van der Waals surface area (Å²) in [5.41, 5.74) is 0. The van der Waals surface area contributed by atoms with E-state index in [0.29, 0.717) is 0 Å². The van der Waals surface area contributed by atoms with E-state index in [0.717, 1.165) is 43.9 Å². The zero-order valence-electron chi connectivity index (χ0n) is 13.8. The monoisotopic (exact) mass is 419 g/mol. The molecule has 0 aliphatic heterocycles. The lowest BCUT2D eigenvalue weighted by molar-refractivity contribution is 0.256. The Bertz CT molecular complexity index is 418. The van der Waals surface area contributed by atoms with Gasteiger partial charge < -0.3 is 10.6 Å². The van der Waals surface area contributed by atoms with Gasteiger partial charge in [0.15, 0.2) is 5.96 Å². The van der Waals surface area contributed by atoms with Gasteiger partial charge >= 0.3 is 0 Å². The standard InChI is InChI=1S/C16H29N5.HI/c1-14-7-3-4-8-15(14)13-19-16(17-2)18-9-5-11-21-12-6-10-20-21;/h6,10,12,14-15H,3-5,7-9,11,13H2,1-2H3,(H2,17,18,19);1H. The number of hydrogen-bond donors (Lipinski definition) is 2. The number of halogens is 1. The highest BCUT2D eigenvalue weighted by Gasteiger charge is 2.21. The number of hydrogen-bond acceptors (Lipinski definition) is 2. The van der Waals surface area contributed by atoms with Gasteiger partial charge in [0.2, 0.25) is 0 Å². The second-order valence-corrected chi connectivity index (χ2v) is 6.02. The molecule has 1 heterocycles. The molecule has 0 saturated heterocycles. The summed E-state index contributed by atoms with van der Waals surface area (Å²) in [5.74, 6) is 2.55. The average molecular weight is 419 g/mol. The van der Waals surface area contributed by atoms with Crippen LogP contribution in [0.2, 0.25) is 0 Å². The van der Waals surface area contributed by atoms with Gasteiger partial charge in [0.05, 0.1) is 0 Å². The molecule has 1 aliphatic rings. The first-order valence-corrected chi connectivity index (χ1v) is 8.21. The van der Waals surface area contributed by atoms with Crippen LogP contribution in [0.3, 0.4) is 0 Å². The summed E-state index contributed by atoms with van der Waals surface area (Å²) in [7, 11) is 1.84. The topological polar surface area (TPSA) is 54.2 Å². The number of guanidine groups is 1. The van der Waals surface area contributed by atoms with Crippen LogP contribution < -0.4 is 10.6 Å². The van der Waals surface area contributed by atoms with Gasteiger partial charge in [-0.2, -0.15) is 5.10 Å². The minimum atomic E-state index is 0. The Labute approximate surface area is 151 Å². The number of rotatable bonds is 6. The molecule has 0 aromatic carbocycles. The maximum Gasteiger partial charge on any atom is 0.190 e. The van der Waals surface area contributed by atoms with Crippen molar-refractivity contribution in [1.29, 1.82) is 0 Å². The summed E-state index contributed by atoms with van der Waals surface area (Å²) in [6.45, 7) is 5.28. The number of aromatic nitrogens is 2. The van der Waals surface area contributed by atoms with Crippen molar-refractivity contribution in [2.24, 2.45) is 16.8 Å². The number of aliphatic imine (C=N–C) groups is 1. The van der Waals surface area contributed by atoms with Gasteiger partial charge in [-0.05, 0) is 30.7 Å². The molecule has 0 spiro atoms. The lowest BCUT2D eigenvalue weighted by Crippen LogP contribution is -2.41. The molecular formula is C16H30IN5. The summed E-state index contributed by atoms with van der Waals surface area (Å²) >= 11 is 0. The van der Waals surface area contributed by atoms with E-state index < -0.39 is 0 Å². The Morgan fingerprint density at radius 2 is 2.14 bits per heavy atom. The third-order valence-corrected chi connectivity index (χ3v) is 4.46. The first-order valence-electron chi connectivity index (χ1n) is 8.21. The molecule has 2 rings (SSSR count). The van der Waals surface area contributed by atoms with Crippen LogP contribution in [0.1, 0.15) is 39.0 Å². The largest absolute Gasteiger partial charge is 0.356 e. The van der Waals surface area contributed by atoms with Gasteiger partial charge in [0.1, 0.15) is 0 Å². The van der Waals surface area contributed by atoms with E-state index in [1.165, 1.54) is 25.7 Å². The Morgan fingerprint density at radius 1 is 1.32 bits per heavy atom. The summed E-state index contributed by atoms with van der Waals surface area (Å²) < 4.78 is 1.96. The fourth-order valence-electron chi connectivity index (χ4n) is 3.03. The lowest BCUT2D eigenvalue weighted by atomic mass is 9.80. The van der Waals surface area contributed by atoms with Gasteiger partial charge in [-0.25, -0.2) is 0 Å². The highest BCUT2D eigenvalue weighted by atomic mass is 127. The van der Waals surface area contributed by atoms with Crippen LogP contribution >= 0.6 is 24.0 Å². The lowest BCUT2D eigenvalue weighted by Gasteiger charge is -2.29. The fraction of sp³-hybridized carbons (Fsp3) is 0.750. The van der Waals surface area contributed by atoms with E-state index in [1.807, 2.05) is 30.2 Å². The third-order valence-electron chi connectivity index (χ3n) is 4.46. The van der Waals surface area contributed by atoms with E-state index in [1.54, 1.807) is 0 Å². The highest BCUT2D eigenvalue weighted by molar-refractivity contribution is 14.0. The summed E-state index contributed by atoms with van der Waals surface area (Å²) in [6.07, 6.45) is 10.4. The van der Waals surface area contributed by atoms with Crippen molar-refractivity contribution in [3.8, 4) is 0 Å². The fourth-order valence-corrected chi connectivity index (χ4v) is 3.03. The Kier molecular flexibility index (Phi) is 9.50. The van der Waals surface area contributed by atoms with Crippen molar-refractivity contribution in [3.05, 3.63) is 18.5 Å². The average Bonchev–Trinajstić information content (AvgIpc) is 3.01. The Hall–Kier alpha value is -0.790. The molecule has 1 aromatic rings. The van der Waals surface area contributed by atoms with Gasteiger partial charge in [-0.3, -0.25) is 9.67 Å². The van der Waals surface area contributed by atoms with Crippen LogP contribution in [-0.2, 0) is 6.54 Å². The van der Waals surface area contributed by atoms with E-state index in [4.69, 9.17) is 0 Å². The minimum Gasteiger partial charge on any atom is -0.356 e. The van der Waals surface area contributed by atoms with Crippen molar-refractivity contribution in [3.63, 3.8) is 0 Å². The summed E-state index contributed by atoms with van der Waals surface area (Å²) in [5, 5.41) is 11.1. The normalized spacial score (nSPS) is 22.0. The maximum absolute atomic E-state index is 4.30. The molecule has 2 atom stereocenters. The zero-order chi connectivity index (χ0) is 14.9. The van der Waals surface area contributed by atoms with E-state index in [9.17, 15) is 0 Å².